The predicted octanol–water partition coefficient (Wildman–Crippen LogP) is 1.18. The zero-order valence-corrected chi connectivity index (χ0v) is 17.4. The Hall–Kier alpha value is -2.14. The minimum atomic E-state index is -0.949. The van der Waals surface area contributed by atoms with Crippen molar-refractivity contribution in [1.29, 1.82) is 0 Å². The summed E-state index contributed by atoms with van der Waals surface area (Å²) in [5, 5.41) is 23.2. The van der Waals surface area contributed by atoms with Crippen LogP contribution in [0.4, 0.5) is 0 Å². The number of nitrogens with zero attached hydrogens (tertiary/aromatic N) is 2. The van der Waals surface area contributed by atoms with Crippen LogP contribution in [0.5, 0.6) is 5.88 Å². The van der Waals surface area contributed by atoms with Crippen LogP contribution in [0, 0.1) is 17.8 Å². The van der Waals surface area contributed by atoms with Gasteiger partial charge in [0, 0.05) is 30.8 Å². The Morgan fingerprint density at radius 2 is 2.17 bits per heavy atom. The van der Waals surface area contributed by atoms with Crippen LogP contribution in [-0.2, 0) is 0 Å². The van der Waals surface area contributed by atoms with Crippen molar-refractivity contribution in [2.75, 3.05) is 26.7 Å². The molecule has 1 fully saturated rings. The number of hydrogen-bond donors (Lipinski definition) is 3. The number of aliphatic hydroxyl groups excluding tert-OH is 1. The molecule has 7 nitrogen and oxygen atoms in total. The van der Waals surface area contributed by atoms with Gasteiger partial charge in [-0.05, 0) is 45.7 Å². The molecule has 3 rings (SSSR count). The molecule has 1 aliphatic carbocycles. The number of pyridine rings is 1. The highest BCUT2D eigenvalue weighted by Gasteiger charge is 2.33. The Morgan fingerprint density at radius 1 is 1.45 bits per heavy atom. The molecule has 1 saturated carbocycles. The van der Waals surface area contributed by atoms with Gasteiger partial charge >= 0.3 is 0 Å². The Morgan fingerprint density at radius 3 is 2.83 bits per heavy atom. The summed E-state index contributed by atoms with van der Waals surface area (Å²) in [7, 11) is 1.86. The van der Waals surface area contributed by atoms with Gasteiger partial charge in [-0.3, -0.25) is 4.79 Å². The number of rotatable bonds is 4. The predicted molar refractivity (Wildman–Crippen MR) is 110 cm³/mol. The number of hydrogen-bond acceptors (Lipinski definition) is 6. The molecule has 3 N–H and O–H groups in total. The molecule has 2 aliphatic rings. The second kappa shape index (κ2) is 9.12. The van der Waals surface area contributed by atoms with Gasteiger partial charge in [0.2, 0.25) is 5.88 Å². The molecule has 1 aromatic rings. The first-order valence-corrected chi connectivity index (χ1v) is 10.4. The molecule has 1 aliphatic heterocycles. The van der Waals surface area contributed by atoms with Crippen molar-refractivity contribution in [2.24, 2.45) is 5.92 Å². The lowest BCUT2D eigenvalue weighted by molar-refractivity contribution is 0.0404. The molecule has 29 heavy (non-hydrogen) atoms. The van der Waals surface area contributed by atoms with Crippen LogP contribution in [0.15, 0.2) is 12.3 Å². The Balaban J connectivity index is 1.98. The Bertz CT molecular complexity index is 795. The van der Waals surface area contributed by atoms with Crippen molar-refractivity contribution < 1.29 is 19.7 Å². The van der Waals surface area contributed by atoms with Gasteiger partial charge in [0.25, 0.3) is 5.91 Å². The van der Waals surface area contributed by atoms with Gasteiger partial charge in [0.1, 0.15) is 17.3 Å². The van der Waals surface area contributed by atoms with E-state index in [1.54, 1.807) is 17.2 Å². The van der Waals surface area contributed by atoms with Crippen molar-refractivity contribution in [3.8, 4) is 17.7 Å². The average Bonchev–Trinajstić information content (AvgIpc) is 3.15. The average molecular weight is 402 g/mol. The van der Waals surface area contributed by atoms with E-state index in [4.69, 9.17) is 4.74 Å². The molecule has 7 heteroatoms. The molecule has 0 aromatic carbocycles. The molecule has 1 amide bonds. The van der Waals surface area contributed by atoms with Crippen LogP contribution in [0.25, 0.3) is 0 Å². The molecular weight excluding hydrogens is 370 g/mol. The summed E-state index contributed by atoms with van der Waals surface area (Å²) >= 11 is 0. The monoisotopic (exact) mass is 401 g/mol. The number of ether oxygens (including phenoxy) is 1. The van der Waals surface area contributed by atoms with Gasteiger partial charge in [-0.15, -0.1) is 0 Å². The molecule has 1 aromatic heterocycles. The zero-order chi connectivity index (χ0) is 21.0. The number of nitrogens with one attached hydrogen (secondary N) is 1. The van der Waals surface area contributed by atoms with E-state index >= 15 is 0 Å². The first kappa shape index (κ1) is 21.6. The molecule has 158 valence electrons. The van der Waals surface area contributed by atoms with E-state index < -0.39 is 5.60 Å². The number of likely N-dealkylation sites (N-methyl/N-ethyl adjacent to an activating group) is 1. The smallest absolute Gasteiger partial charge is 0.259 e. The minimum absolute atomic E-state index is 0.0615. The highest BCUT2D eigenvalue weighted by molar-refractivity contribution is 5.97. The van der Waals surface area contributed by atoms with Gasteiger partial charge in [-0.2, -0.15) is 0 Å². The molecule has 0 bridgehead atoms. The Labute approximate surface area is 172 Å². The van der Waals surface area contributed by atoms with Gasteiger partial charge in [0.05, 0.1) is 12.6 Å². The summed E-state index contributed by atoms with van der Waals surface area (Å²) in [5.41, 5.74) is -0.0462. The molecule has 0 radical (unpaired) electrons. The third kappa shape index (κ3) is 4.89. The van der Waals surface area contributed by atoms with Crippen molar-refractivity contribution in [3.05, 3.63) is 23.4 Å². The van der Waals surface area contributed by atoms with Crippen molar-refractivity contribution in [2.45, 2.75) is 57.3 Å². The van der Waals surface area contributed by atoms with E-state index in [0.29, 0.717) is 37.1 Å². The normalized spacial score (nSPS) is 24.6. The van der Waals surface area contributed by atoms with E-state index in [1.807, 2.05) is 20.9 Å². The van der Waals surface area contributed by atoms with Gasteiger partial charge in [0.15, 0.2) is 0 Å². The third-order valence-corrected chi connectivity index (χ3v) is 5.80. The third-order valence-electron chi connectivity index (χ3n) is 5.80. The molecular formula is C22H31N3O4. The maximum Gasteiger partial charge on any atom is 0.259 e. The Kier molecular flexibility index (Phi) is 6.78. The number of fused-ring (bicyclic) bond motifs is 1. The van der Waals surface area contributed by atoms with E-state index in [-0.39, 0.29) is 36.5 Å². The lowest BCUT2D eigenvalue weighted by Crippen LogP contribution is -2.49. The standard InChI is InChI=1S/C22H31N3O4/c1-15-13-25(16(2)14-26)21(27)18-10-17(6-9-22(28)7-4-5-8-22)11-24-20(18)29-19(15)12-23-3/h10-11,15-16,19,23,26,28H,4-5,7-8,12-14H2,1-3H3/t15-,16+,19-/m0/s1. The first-order valence-electron chi connectivity index (χ1n) is 10.4. The fourth-order valence-corrected chi connectivity index (χ4v) is 3.89. The first-order chi connectivity index (χ1) is 13.9. The lowest BCUT2D eigenvalue weighted by Gasteiger charge is -2.36. The van der Waals surface area contributed by atoms with Gasteiger partial charge in [-0.1, -0.05) is 18.8 Å². The summed E-state index contributed by atoms with van der Waals surface area (Å²) in [6.45, 7) is 4.83. The second-order valence-corrected chi connectivity index (χ2v) is 8.25. The number of aromatic nitrogens is 1. The highest BCUT2D eigenvalue weighted by atomic mass is 16.5. The van der Waals surface area contributed by atoms with Gasteiger partial charge < -0.3 is 25.2 Å². The second-order valence-electron chi connectivity index (χ2n) is 8.25. The van der Waals surface area contributed by atoms with Crippen molar-refractivity contribution >= 4 is 5.91 Å². The zero-order valence-electron chi connectivity index (χ0n) is 17.4. The number of carbonyl (C=O) groups is 1. The molecule has 0 unspecified atom stereocenters. The van der Waals surface area contributed by atoms with Crippen LogP contribution in [0.3, 0.4) is 0 Å². The summed E-state index contributed by atoms with van der Waals surface area (Å²) in [5.74, 6) is 6.05. The number of aliphatic hydroxyl groups is 2. The summed E-state index contributed by atoms with van der Waals surface area (Å²) in [6.07, 6.45) is 4.71. The SMILES string of the molecule is CNC[C@@H]1Oc2ncc(C#CC3(O)CCCC3)cc2C(=O)N([C@H](C)CO)C[C@@H]1C. The van der Waals surface area contributed by atoms with Crippen LogP contribution >= 0.6 is 0 Å². The topological polar surface area (TPSA) is 94.9 Å². The number of amides is 1. The highest BCUT2D eigenvalue weighted by Crippen LogP contribution is 2.29. The quantitative estimate of drug-likeness (QED) is 0.656. The fourth-order valence-electron chi connectivity index (χ4n) is 3.89. The molecule has 2 heterocycles. The summed E-state index contributed by atoms with van der Waals surface area (Å²) < 4.78 is 6.09. The van der Waals surface area contributed by atoms with Crippen LogP contribution in [0.1, 0.15) is 55.5 Å². The lowest BCUT2D eigenvalue weighted by atomic mass is 10.00. The van der Waals surface area contributed by atoms with Crippen molar-refractivity contribution in [1.82, 2.24) is 15.2 Å². The summed E-state index contributed by atoms with van der Waals surface area (Å²) in [4.78, 5) is 19.3. The van der Waals surface area contributed by atoms with E-state index in [1.165, 1.54) is 0 Å². The maximum absolute atomic E-state index is 13.3. The van der Waals surface area contributed by atoms with Crippen LogP contribution in [0.2, 0.25) is 0 Å². The molecule has 0 saturated heterocycles. The van der Waals surface area contributed by atoms with Crippen LogP contribution < -0.4 is 10.1 Å². The maximum atomic E-state index is 13.3. The molecule has 0 spiro atoms. The van der Waals surface area contributed by atoms with E-state index in [2.05, 4.69) is 22.1 Å². The summed E-state index contributed by atoms with van der Waals surface area (Å²) in [6, 6.07) is 1.36. The minimum Gasteiger partial charge on any atom is -0.472 e. The van der Waals surface area contributed by atoms with Crippen molar-refractivity contribution in [3.63, 3.8) is 0 Å². The van der Waals surface area contributed by atoms with Gasteiger partial charge in [-0.25, -0.2) is 4.98 Å². The van der Waals surface area contributed by atoms with E-state index in [9.17, 15) is 15.0 Å². The molecule has 3 atom stereocenters. The van der Waals surface area contributed by atoms with E-state index in [0.717, 1.165) is 12.8 Å². The fraction of sp³-hybridized carbons (Fsp3) is 0.636. The van der Waals surface area contributed by atoms with Crippen LogP contribution in [-0.4, -0.2) is 70.5 Å². The largest absolute Gasteiger partial charge is 0.472 e. The number of carbonyl (C=O) groups excluding carboxylic acids is 1.